The summed E-state index contributed by atoms with van der Waals surface area (Å²) < 4.78 is 0. The van der Waals surface area contributed by atoms with Gasteiger partial charge in [0.1, 0.15) is 0 Å². The van der Waals surface area contributed by atoms with Crippen LogP contribution in [0.15, 0.2) is 120 Å². The predicted molar refractivity (Wildman–Crippen MR) is 127 cm³/mol. The van der Waals surface area contributed by atoms with Crippen LogP contribution < -0.4 is 10.3 Å². The maximum atomic E-state index is 4.47. The van der Waals surface area contributed by atoms with Gasteiger partial charge in [0.15, 0.2) is 0 Å². The molecule has 4 aromatic rings. The fraction of sp³-hybridized carbons (Fsp3) is 0.0741. The minimum atomic E-state index is 0.826. The molecule has 0 bridgehead atoms. The minimum Gasteiger partial charge on any atom is -0.362 e. The molecule has 0 saturated carbocycles. The highest BCUT2D eigenvalue weighted by atomic mass is 15.3. The van der Waals surface area contributed by atoms with Crippen molar-refractivity contribution in [2.24, 2.45) is 5.10 Å². The van der Waals surface area contributed by atoms with Gasteiger partial charge in [0.05, 0.1) is 11.9 Å². The van der Waals surface area contributed by atoms with Gasteiger partial charge in [0.25, 0.3) is 0 Å². The summed E-state index contributed by atoms with van der Waals surface area (Å²) in [6.07, 6.45) is 1.89. The zero-order chi connectivity index (χ0) is 20.4. The predicted octanol–water partition coefficient (Wildman–Crippen LogP) is 6.34. The average molecular weight is 392 g/mol. The summed E-state index contributed by atoms with van der Waals surface area (Å²) in [5.74, 6) is 0. The van der Waals surface area contributed by atoms with Gasteiger partial charge in [-0.15, -0.1) is 0 Å². The van der Waals surface area contributed by atoms with Crippen LogP contribution in [0.5, 0.6) is 0 Å². The van der Waals surface area contributed by atoms with E-state index in [4.69, 9.17) is 0 Å². The van der Waals surface area contributed by atoms with Crippen LogP contribution in [0.2, 0.25) is 0 Å². The van der Waals surface area contributed by atoms with Crippen molar-refractivity contribution >= 4 is 17.6 Å². The number of benzene rings is 4. The minimum absolute atomic E-state index is 0.826. The highest BCUT2D eigenvalue weighted by molar-refractivity contribution is 5.88. The molecule has 0 aliphatic rings. The molecular weight excluding hydrogens is 366 g/mol. The molecule has 1 N–H and O–H groups in total. The number of hydrogen-bond donors (Lipinski definition) is 1. The second-order valence-corrected chi connectivity index (χ2v) is 7.12. The van der Waals surface area contributed by atoms with E-state index in [-0.39, 0.29) is 0 Å². The lowest BCUT2D eigenvalue weighted by Crippen LogP contribution is -2.23. The van der Waals surface area contributed by atoms with E-state index in [1.165, 1.54) is 11.1 Å². The molecule has 4 rings (SSSR count). The number of nitrogens with zero attached hydrogens (tertiary/aromatic N) is 2. The number of hydrazone groups is 1. The average Bonchev–Trinajstić information content (AvgIpc) is 2.81. The Bertz CT molecular complexity index is 1020. The lowest BCUT2D eigenvalue weighted by atomic mass is 10.1. The van der Waals surface area contributed by atoms with Gasteiger partial charge in [-0.1, -0.05) is 97.1 Å². The molecule has 0 radical (unpaired) electrons. The van der Waals surface area contributed by atoms with E-state index in [1.54, 1.807) is 0 Å². The van der Waals surface area contributed by atoms with Gasteiger partial charge >= 0.3 is 0 Å². The Morgan fingerprint density at radius 3 is 1.70 bits per heavy atom. The molecule has 0 fully saturated rings. The Kier molecular flexibility index (Phi) is 6.54. The molecule has 4 aromatic carbocycles. The van der Waals surface area contributed by atoms with Crippen LogP contribution in [0.25, 0.3) is 0 Å². The van der Waals surface area contributed by atoms with Crippen LogP contribution in [0, 0.1) is 0 Å². The van der Waals surface area contributed by atoms with E-state index in [9.17, 15) is 0 Å². The fourth-order valence-corrected chi connectivity index (χ4v) is 3.41. The summed E-state index contributed by atoms with van der Waals surface area (Å²) in [4.78, 5) is 2.40. The first-order valence-electron chi connectivity index (χ1n) is 10.1. The maximum absolute atomic E-state index is 4.47. The normalized spacial score (nSPS) is 10.8. The molecule has 0 heterocycles. The van der Waals surface area contributed by atoms with Gasteiger partial charge in [-0.2, -0.15) is 5.10 Å². The molecule has 3 nitrogen and oxygen atoms in total. The largest absolute Gasteiger partial charge is 0.362 e. The van der Waals surface area contributed by atoms with Gasteiger partial charge in [-0.05, 0) is 29.3 Å². The topological polar surface area (TPSA) is 27.6 Å². The Morgan fingerprint density at radius 2 is 1.10 bits per heavy atom. The van der Waals surface area contributed by atoms with Gasteiger partial charge < -0.3 is 4.90 Å². The first-order valence-corrected chi connectivity index (χ1v) is 10.1. The van der Waals surface area contributed by atoms with E-state index in [0.29, 0.717) is 0 Å². The van der Waals surface area contributed by atoms with Crippen LogP contribution in [-0.2, 0) is 13.1 Å². The third-order valence-corrected chi connectivity index (χ3v) is 4.88. The Balaban J connectivity index is 1.61. The van der Waals surface area contributed by atoms with Crippen LogP contribution in [0.3, 0.4) is 0 Å². The highest BCUT2D eigenvalue weighted by Gasteiger charge is 2.12. The van der Waals surface area contributed by atoms with E-state index in [0.717, 1.165) is 30.0 Å². The molecule has 0 amide bonds. The van der Waals surface area contributed by atoms with Crippen molar-refractivity contribution < 1.29 is 0 Å². The zero-order valence-electron chi connectivity index (χ0n) is 16.9. The van der Waals surface area contributed by atoms with E-state index < -0.39 is 0 Å². The van der Waals surface area contributed by atoms with Crippen LogP contribution in [0.4, 0.5) is 11.4 Å². The smallest absolute Gasteiger partial charge is 0.0565 e. The fourth-order valence-electron chi connectivity index (χ4n) is 3.41. The first-order chi connectivity index (χ1) is 14.9. The third-order valence-electron chi connectivity index (χ3n) is 4.88. The van der Waals surface area contributed by atoms with E-state index >= 15 is 0 Å². The Labute approximate surface area is 178 Å². The summed E-state index contributed by atoms with van der Waals surface area (Å²) in [6.45, 7) is 1.65. The summed E-state index contributed by atoms with van der Waals surface area (Å²) in [7, 11) is 0. The van der Waals surface area contributed by atoms with Crippen molar-refractivity contribution in [1.29, 1.82) is 0 Å². The second kappa shape index (κ2) is 10.1. The summed E-state index contributed by atoms with van der Waals surface area (Å²) in [5, 5.41) is 4.47. The molecule has 0 aromatic heterocycles. The lowest BCUT2D eigenvalue weighted by Gasteiger charge is -2.27. The number of para-hydroxylation sites is 2. The highest BCUT2D eigenvalue weighted by Crippen LogP contribution is 2.24. The number of rotatable bonds is 8. The molecule has 0 aliphatic carbocycles. The molecule has 30 heavy (non-hydrogen) atoms. The summed E-state index contributed by atoms with van der Waals surface area (Å²) >= 11 is 0. The van der Waals surface area contributed by atoms with Crippen molar-refractivity contribution in [1.82, 2.24) is 0 Å². The quantitative estimate of drug-likeness (QED) is 0.280. The molecule has 0 aliphatic heterocycles. The van der Waals surface area contributed by atoms with Crippen molar-refractivity contribution in [3.05, 3.63) is 132 Å². The number of anilines is 2. The van der Waals surface area contributed by atoms with Crippen molar-refractivity contribution in [2.45, 2.75) is 13.1 Å². The van der Waals surface area contributed by atoms with Gasteiger partial charge in [-0.25, -0.2) is 0 Å². The summed E-state index contributed by atoms with van der Waals surface area (Å²) in [5.41, 5.74) is 8.87. The standard InChI is InChI=1S/C27H25N3/c1-4-12-23(13-5-1)21-30(22-24-14-6-2-7-15-24)27-19-11-10-16-25(27)20-28-29-26-17-8-3-9-18-26/h1-20,29H,21-22H2. The molecule has 0 unspecified atom stereocenters. The SMILES string of the molecule is C(=NNc1ccccc1)c1ccccc1N(Cc1ccccc1)Cc1ccccc1. The number of nitrogens with one attached hydrogen (secondary N) is 1. The first kappa shape index (κ1) is 19.5. The van der Waals surface area contributed by atoms with Gasteiger partial charge in [-0.3, -0.25) is 5.43 Å². The maximum Gasteiger partial charge on any atom is 0.0565 e. The Morgan fingerprint density at radius 1 is 0.600 bits per heavy atom. The number of hydrogen-bond acceptors (Lipinski definition) is 3. The molecule has 0 atom stereocenters. The van der Waals surface area contributed by atoms with E-state index in [2.05, 4.69) is 100 Å². The van der Waals surface area contributed by atoms with Crippen LogP contribution in [0.1, 0.15) is 16.7 Å². The van der Waals surface area contributed by atoms with Crippen LogP contribution in [-0.4, -0.2) is 6.21 Å². The van der Waals surface area contributed by atoms with Gasteiger partial charge in [0, 0.05) is 24.3 Å². The van der Waals surface area contributed by atoms with Crippen molar-refractivity contribution in [3.63, 3.8) is 0 Å². The molecule has 0 saturated heterocycles. The zero-order valence-corrected chi connectivity index (χ0v) is 16.9. The second-order valence-electron chi connectivity index (χ2n) is 7.12. The lowest BCUT2D eigenvalue weighted by molar-refractivity contribution is 0.799. The molecule has 3 heteroatoms. The van der Waals surface area contributed by atoms with Crippen LogP contribution >= 0.6 is 0 Å². The summed E-state index contributed by atoms with van der Waals surface area (Å²) in [6, 6.07) is 39.6. The third kappa shape index (κ3) is 5.36. The molecule has 148 valence electrons. The van der Waals surface area contributed by atoms with Crippen molar-refractivity contribution in [2.75, 3.05) is 10.3 Å². The molecular formula is C27H25N3. The molecule has 0 spiro atoms. The monoisotopic (exact) mass is 391 g/mol. The van der Waals surface area contributed by atoms with Crippen molar-refractivity contribution in [3.8, 4) is 0 Å². The Hall–Kier alpha value is -3.85. The van der Waals surface area contributed by atoms with E-state index in [1.807, 2.05) is 36.5 Å². The van der Waals surface area contributed by atoms with Gasteiger partial charge in [0.2, 0.25) is 0 Å².